The monoisotopic (exact) mass is 476 g/mol. The molecule has 35 heavy (non-hydrogen) atoms. The number of rotatable bonds is 7. The van der Waals surface area contributed by atoms with Crippen LogP contribution in [0.25, 0.3) is 22.1 Å². The number of fused-ring (bicyclic) bond motifs is 1. The van der Waals surface area contributed by atoms with Gasteiger partial charge in [0.15, 0.2) is 0 Å². The fourth-order valence-corrected chi connectivity index (χ4v) is 4.11. The fraction of sp³-hybridized carbons (Fsp3) is 0.185. The summed E-state index contributed by atoms with van der Waals surface area (Å²) in [4.78, 5) is 25.8. The van der Waals surface area contributed by atoms with E-state index in [4.69, 9.17) is 18.6 Å². The molecule has 8 heteroatoms. The molecule has 0 saturated heterocycles. The van der Waals surface area contributed by atoms with Crippen LogP contribution in [0.4, 0.5) is 0 Å². The molecule has 3 aromatic carbocycles. The molecule has 2 N–H and O–H groups in total. The number of benzene rings is 3. The lowest BCUT2D eigenvalue weighted by Crippen LogP contribution is -2.13. The molecule has 0 aliphatic heterocycles. The molecule has 0 spiro atoms. The molecular weight excluding hydrogens is 452 g/mol. The molecule has 8 nitrogen and oxygen atoms in total. The number of hydrogen-bond donors (Lipinski definition) is 2. The van der Waals surface area contributed by atoms with Gasteiger partial charge in [-0.1, -0.05) is 18.2 Å². The van der Waals surface area contributed by atoms with Crippen LogP contribution < -0.4 is 14.9 Å². The van der Waals surface area contributed by atoms with Crippen molar-refractivity contribution in [2.24, 2.45) is 0 Å². The van der Waals surface area contributed by atoms with Crippen molar-refractivity contribution in [3.8, 4) is 34.1 Å². The first kappa shape index (κ1) is 23.7. The molecule has 0 aliphatic rings. The van der Waals surface area contributed by atoms with Crippen LogP contribution in [-0.4, -0.2) is 37.5 Å². The summed E-state index contributed by atoms with van der Waals surface area (Å²) < 4.78 is 21.6. The molecule has 0 amide bonds. The first-order valence-corrected chi connectivity index (χ1v) is 10.7. The third-order valence-electron chi connectivity index (χ3n) is 5.90. The fourth-order valence-electron chi connectivity index (χ4n) is 4.11. The zero-order chi connectivity index (χ0) is 25.1. The predicted molar refractivity (Wildman–Crippen MR) is 129 cm³/mol. The van der Waals surface area contributed by atoms with Gasteiger partial charge in [-0.2, -0.15) is 0 Å². The summed E-state index contributed by atoms with van der Waals surface area (Å²) in [6.45, 7) is 0. The van der Waals surface area contributed by atoms with Gasteiger partial charge in [0.1, 0.15) is 34.8 Å². The summed E-state index contributed by atoms with van der Waals surface area (Å²) in [7, 11) is 4.29. The highest BCUT2D eigenvalue weighted by Crippen LogP contribution is 2.43. The van der Waals surface area contributed by atoms with Gasteiger partial charge in [0.05, 0.1) is 38.7 Å². The summed E-state index contributed by atoms with van der Waals surface area (Å²) in [5, 5.41) is 20.7. The summed E-state index contributed by atoms with van der Waals surface area (Å²) >= 11 is 0. The van der Waals surface area contributed by atoms with E-state index >= 15 is 0 Å². The van der Waals surface area contributed by atoms with E-state index in [1.807, 2.05) is 0 Å². The van der Waals surface area contributed by atoms with Crippen LogP contribution in [0, 0.1) is 0 Å². The second kappa shape index (κ2) is 9.80. The maximum Gasteiger partial charge on any atom is 0.306 e. The number of aromatic hydroxyl groups is 2. The number of hydrogen-bond acceptors (Lipinski definition) is 8. The van der Waals surface area contributed by atoms with Crippen LogP contribution in [0.5, 0.6) is 23.0 Å². The van der Waals surface area contributed by atoms with Gasteiger partial charge in [0, 0.05) is 23.1 Å². The molecule has 4 rings (SSSR count). The Morgan fingerprint density at radius 1 is 0.971 bits per heavy atom. The van der Waals surface area contributed by atoms with Gasteiger partial charge < -0.3 is 28.8 Å². The zero-order valence-electron chi connectivity index (χ0n) is 19.4. The maximum absolute atomic E-state index is 13.4. The van der Waals surface area contributed by atoms with Crippen LogP contribution in [0.1, 0.15) is 23.5 Å². The highest BCUT2D eigenvalue weighted by atomic mass is 16.5. The standard InChI is InChI=1S/C27H24O8/c1-32-17-8-9-18(23(12-17)33-2)20(13-24(30)34-3)25-22(29)11-10-19-26(31)21(14-35-27(19)25)15-4-6-16(28)7-5-15/h4-12,14,20,28-29H,13H2,1-3H3. The minimum Gasteiger partial charge on any atom is -0.508 e. The van der Waals surface area contributed by atoms with E-state index < -0.39 is 11.9 Å². The van der Waals surface area contributed by atoms with Crippen LogP contribution in [0.3, 0.4) is 0 Å². The molecular formula is C27H24O8. The van der Waals surface area contributed by atoms with Crippen molar-refractivity contribution in [2.45, 2.75) is 12.3 Å². The normalized spacial score (nSPS) is 11.7. The van der Waals surface area contributed by atoms with Crippen LogP contribution >= 0.6 is 0 Å². The van der Waals surface area contributed by atoms with Gasteiger partial charge >= 0.3 is 5.97 Å². The Morgan fingerprint density at radius 3 is 2.37 bits per heavy atom. The zero-order valence-corrected chi connectivity index (χ0v) is 19.4. The van der Waals surface area contributed by atoms with Gasteiger partial charge in [0.25, 0.3) is 0 Å². The molecule has 1 unspecified atom stereocenters. The lowest BCUT2D eigenvalue weighted by molar-refractivity contribution is -0.140. The van der Waals surface area contributed by atoms with Crippen molar-refractivity contribution in [3.05, 3.63) is 82.2 Å². The van der Waals surface area contributed by atoms with E-state index in [9.17, 15) is 19.8 Å². The number of ether oxygens (including phenoxy) is 3. The number of methoxy groups -OCH3 is 3. The van der Waals surface area contributed by atoms with Crippen LogP contribution in [0.2, 0.25) is 0 Å². The molecule has 0 fully saturated rings. The topological polar surface area (TPSA) is 115 Å². The van der Waals surface area contributed by atoms with E-state index in [1.165, 1.54) is 51.9 Å². The molecule has 1 aromatic heterocycles. The molecule has 1 heterocycles. The third-order valence-corrected chi connectivity index (χ3v) is 5.90. The van der Waals surface area contributed by atoms with E-state index in [2.05, 4.69) is 0 Å². The Balaban J connectivity index is 1.96. The SMILES string of the molecule is COC(=O)CC(c1ccc(OC)cc1OC)c1c(O)ccc2c(=O)c(-c3ccc(O)cc3)coc12. The lowest BCUT2D eigenvalue weighted by atomic mass is 9.85. The van der Waals surface area contributed by atoms with Crippen molar-refractivity contribution >= 4 is 16.9 Å². The molecule has 0 saturated carbocycles. The second-order valence-electron chi connectivity index (χ2n) is 7.84. The van der Waals surface area contributed by atoms with Gasteiger partial charge in [-0.25, -0.2) is 0 Å². The van der Waals surface area contributed by atoms with Gasteiger partial charge in [0.2, 0.25) is 5.43 Å². The minimum atomic E-state index is -0.755. The highest BCUT2D eigenvalue weighted by Gasteiger charge is 2.29. The number of carbonyl (C=O) groups is 1. The molecule has 4 aromatic rings. The summed E-state index contributed by atoms with van der Waals surface area (Å²) in [6.07, 6.45) is 1.16. The molecule has 1 atom stereocenters. The second-order valence-corrected chi connectivity index (χ2v) is 7.84. The Bertz CT molecular complexity index is 1440. The smallest absolute Gasteiger partial charge is 0.306 e. The Labute approximate surface area is 200 Å². The van der Waals surface area contributed by atoms with E-state index in [-0.39, 0.29) is 39.9 Å². The molecule has 0 aliphatic carbocycles. The van der Waals surface area contributed by atoms with Crippen molar-refractivity contribution < 1.29 is 33.6 Å². The number of esters is 1. The van der Waals surface area contributed by atoms with Crippen molar-refractivity contribution in [1.29, 1.82) is 0 Å². The van der Waals surface area contributed by atoms with E-state index in [1.54, 1.807) is 30.3 Å². The average molecular weight is 476 g/mol. The van der Waals surface area contributed by atoms with Gasteiger partial charge in [-0.15, -0.1) is 0 Å². The Morgan fingerprint density at radius 2 is 1.71 bits per heavy atom. The molecule has 0 radical (unpaired) electrons. The van der Waals surface area contributed by atoms with E-state index in [0.717, 1.165) is 0 Å². The average Bonchev–Trinajstić information content (AvgIpc) is 2.88. The van der Waals surface area contributed by atoms with Gasteiger partial charge in [-0.05, 0) is 35.9 Å². The van der Waals surface area contributed by atoms with Crippen molar-refractivity contribution in [3.63, 3.8) is 0 Å². The molecule has 180 valence electrons. The Hall–Kier alpha value is -4.46. The van der Waals surface area contributed by atoms with Crippen molar-refractivity contribution in [2.75, 3.05) is 21.3 Å². The number of phenolic OH excluding ortho intramolecular Hbond substituents is 2. The van der Waals surface area contributed by atoms with Crippen LogP contribution in [-0.2, 0) is 9.53 Å². The first-order valence-electron chi connectivity index (χ1n) is 10.7. The van der Waals surface area contributed by atoms with Gasteiger partial charge in [-0.3, -0.25) is 9.59 Å². The first-order chi connectivity index (χ1) is 16.9. The highest BCUT2D eigenvalue weighted by molar-refractivity contribution is 5.87. The third kappa shape index (κ3) is 4.50. The quantitative estimate of drug-likeness (QED) is 0.372. The summed E-state index contributed by atoms with van der Waals surface area (Å²) in [5.41, 5.74) is 1.51. The Kier molecular flexibility index (Phi) is 6.64. The summed E-state index contributed by atoms with van der Waals surface area (Å²) in [6, 6.07) is 14.2. The van der Waals surface area contributed by atoms with E-state index in [0.29, 0.717) is 28.2 Å². The van der Waals surface area contributed by atoms with Crippen LogP contribution in [0.15, 0.2) is 70.1 Å². The number of phenols is 2. The largest absolute Gasteiger partial charge is 0.508 e. The summed E-state index contributed by atoms with van der Waals surface area (Å²) in [5.74, 6) is -0.371. The number of carbonyl (C=O) groups excluding carboxylic acids is 1. The molecule has 0 bridgehead atoms. The van der Waals surface area contributed by atoms with Crippen molar-refractivity contribution in [1.82, 2.24) is 0 Å². The lowest BCUT2D eigenvalue weighted by Gasteiger charge is -2.22. The maximum atomic E-state index is 13.4. The predicted octanol–water partition coefficient (Wildman–Crippen LogP) is 4.58. The minimum absolute atomic E-state index is 0.0743.